The Morgan fingerprint density at radius 2 is 2.18 bits per heavy atom. The van der Waals surface area contributed by atoms with Gasteiger partial charge in [0.25, 0.3) is 5.56 Å². The lowest BCUT2D eigenvalue weighted by molar-refractivity contribution is 0.126. The largest absolute Gasteiger partial charge is 0.491 e. The molecule has 7 heteroatoms. The van der Waals surface area contributed by atoms with Crippen LogP contribution in [0.4, 0.5) is 0 Å². The van der Waals surface area contributed by atoms with E-state index in [2.05, 4.69) is 6.58 Å². The second kappa shape index (κ2) is 8.51. The fourth-order valence-corrected chi connectivity index (χ4v) is 5.60. The molecule has 2 aromatic heterocycles. The number of hydrogen-bond donors (Lipinski definition) is 1. The Kier molecular flexibility index (Phi) is 5.85. The van der Waals surface area contributed by atoms with Crippen molar-refractivity contribution in [2.75, 3.05) is 12.4 Å². The third-order valence-electron chi connectivity index (χ3n) is 4.69. The number of thioether (sulfide) groups is 1. The molecule has 1 aliphatic carbocycles. The Labute approximate surface area is 171 Å². The molecule has 1 atom stereocenters. The number of ether oxygens (including phenoxy) is 1. The molecule has 0 fully saturated rings. The van der Waals surface area contributed by atoms with Crippen LogP contribution in [0, 0.1) is 0 Å². The molecule has 0 radical (unpaired) electrons. The number of aromatic nitrogens is 2. The van der Waals surface area contributed by atoms with Crippen LogP contribution in [0.15, 0.2) is 52.9 Å². The summed E-state index contributed by atoms with van der Waals surface area (Å²) in [6.07, 6.45) is 4.16. The molecule has 0 spiro atoms. The molecule has 0 bridgehead atoms. The number of fused-ring (bicyclic) bond motifs is 3. The van der Waals surface area contributed by atoms with E-state index in [1.807, 2.05) is 30.3 Å². The number of aliphatic hydroxyl groups is 1. The quantitative estimate of drug-likeness (QED) is 0.346. The molecule has 0 unspecified atom stereocenters. The van der Waals surface area contributed by atoms with E-state index in [1.165, 1.54) is 22.2 Å². The normalized spacial score (nSPS) is 14.2. The zero-order valence-electron chi connectivity index (χ0n) is 15.5. The van der Waals surface area contributed by atoms with Gasteiger partial charge in [-0.2, -0.15) is 0 Å². The third-order valence-corrected chi connectivity index (χ3v) is 7.00. The Balaban J connectivity index is 1.52. The highest BCUT2D eigenvalue weighted by Crippen LogP contribution is 2.35. The van der Waals surface area contributed by atoms with E-state index >= 15 is 0 Å². The summed E-state index contributed by atoms with van der Waals surface area (Å²) >= 11 is 3.01. The lowest BCUT2D eigenvalue weighted by atomic mass is 10.2. The van der Waals surface area contributed by atoms with E-state index in [1.54, 1.807) is 22.0 Å². The molecule has 1 aliphatic rings. The van der Waals surface area contributed by atoms with Gasteiger partial charge in [0, 0.05) is 17.2 Å². The Morgan fingerprint density at radius 1 is 1.36 bits per heavy atom. The minimum Gasteiger partial charge on any atom is -0.491 e. The number of aliphatic hydroxyl groups excluding tert-OH is 1. The number of hydrogen-bond acceptors (Lipinski definition) is 6. The van der Waals surface area contributed by atoms with Crippen molar-refractivity contribution in [1.82, 2.24) is 9.55 Å². The highest BCUT2D eigenvalue weighted by atomic mass is 32.2. The summed E-state index contributed by atoms with van der Waals surface area (Å²) in [6.45, 7) is 4.37. The predicted octanol–water partition coefficient (Wildman–Crippen LogP) is 3.66. The first-order chi connectivity index (χ1) is 13.7. The number of benzene rings is 1. The van der Waals surface area contributed by atoms with Crippen LogP contribution in [-0.4, -0.2) is 33.1 Å². The van der Waals surface area contributed by atoms with E-state index < -0.39 is 6.10 Å². The molecule has 0 aliphatic heterocycles. The van der Waals surface area contributed by atoms with Gasteiger partial charge in [0.2, 0.25) is 0 Å². The standard InChI is InChI=1S/C21H22N2O3S2/c1-2-11-23-20(25)18-16-9-6-10-17(16)28-19(18)22-21(23)27-13-14(24)12-26-15-7-4-3-5-8-15/h2-5,7-8,14,24H,1,6,9-13H2/t14-/m1/s1. The second-order valence-corrected chi connectivity index (χ2v) is 8.80. The van der Waals surface area contributed by atoms with Crippen LogP contribution in [0.5, 0.6) is 5.75 Å². The Morgan fingerprint density at radius 3 is 2.96 bits per heavy atom. The Bertz CT molecular complexity index is 1040. The summed E-state index contributed by atoms with van der Waals surface area (Å²) in [5.74, 6) is 1.12. The summed E-state index contributed by atoms with van der Waals surface area (Å²) in [4.78, 5) is 20.0. The molecule has 0 saturated carbocycles. The Hall–Kier alpha value is -2.09. The van der Waals surface area contributed by atoms with Crippen LogP contribution >= 0.6 is 23.1 Å². The van der Waals surface area contributed by atoms with Crippen LogP contribution < -0.4 is 10.3 Å². The van der Waals surface area contributed by atoms with Crippen molar-refractivity contribution in [1.29, 1.82) is 0 Å². The summed E-state index contributed by atoms with van der Waals surface area (Å²) in [7, 11) is 0. The molecule has 0 saturated heterocycles. The van der Waals surface area contributed by atoms with Crippen LogP contribution in [0.2, 0.25) is 0 Å². The fraction of sp³-hybridized carbons (Fsp3) is 0.333. The SMILES string of the molecule is C=CCn1c(SC[C@H](O)COc2ccccc2)nc2sc3c(c2c1=O)CCC3. The first-order valence-electron chi connectivity index (χ1n) is 9.32. The van der Waals surface area contributed by atoms with Crippen molar-refractivity contribution in [2.24, 2.45) is 0 Å². The van der Waals surface area contributed by atoms with E-state index in [0.717, 1.165) is 35.2 Å². The van der Waals surface area contributed by atoms with Gasteiger partial charge in [0.15, 0.2) is 5.16 Å². The van der Waals surface area contributed by atoms with Crippen LogP contribution in [-0.2, 0) is 19.4 Å². The van der Waals surface area contributed by atoms with Crippen molar-refractivity contribution < 1.29 is 9.84 Å². The van der Waals surface area contributed by atoms with Crippen molar-refractivity contribution >= 4 is 33.3 Å². The summed E-state index contributed by atoms with van der Waals surface area (Å²) in [6, 6.07) is 9.41. The smallest absolute Gasteiger partial charge is 0.263 e. The summed E-state index contributed by atoms with van der Waals surface area (Å²) < 4.78 is 7.27. The van der Waals surface area contributed by atoms with Gasteiger partial charge in [-0.25, -0.2) is 4.98 Å². The first-order valence-corrected chi connectivity index (χ1v) is 11.1. The van der Waals surface area contributed by atoms with Gasteiger partial charge in [-0.1, -0.05) is 36.0 Å². The van der Waals surface area contributed by atoms with Crippen molar-refractivity contribution in [3.8, 4) is 5.75 Å². The molecule has 4 rings (SSSR count). The highest BCUT2D eigenvalue weighted by Gasteiger charge is 2.23. The van der Waals surface area contributed by atoms with Gasteiger partial charge in [-0.05, 0) is 37.0 Å². The highest BCUT2D eigenvalue weighted by molar-refractivity contribution is 7.99. The topological polar surface area (TPSA) is 64.3 Å². The molecule has 5 nitrogen and oxygen atoms in total. The number of thiophene rings is 1. The lowest BCUT2D eigenvalue weighted by Crippen LogP contribution is -2.25. The zero-order valence-corrected chi connectivity index (χ0v) is 17.1. The molecule has 2 heterocycles. The number of allylic oxidation sites excluding steroid dienone is 1. The summed E-state index contributed by atoms with van der Waals surface area (Å²) in [5.41, 5.74) is 1.19. The maximum atomic E-state index is 13.1. The summed E-state index contributed by atoms with van der Waals surface area (Å²) in [5, 5.41) is 11.7. The molecular formula is C21H22N2O3S2. The second-order valence-electron chi connectivity index (χ2n) is 6.73. The first kappa shape index (κ1) is 19.2. The number of rotatable bonds is 8. The van der Waals surface area contributed by atoms with Crippen LogP contribution in [0.3, 0.4) is 0 Å². The molecule has 1 N–H and O–H groups in total. The maximum Gasteiger partial charge on any atom is 0.263 e. The van der Waals surface area contributed by atoms with Gasteiger partial charge in [-0.3, -0.25) is 9.36 Å². The molecule has 146 valence electrons. The fourth-order valence-electron chi connectivity index (χ4n) is 3.39. The maximum absolute atomic E-state index is 13.1. The van der Waals surface area contributed by atoms with Gasteiger partial charge in [0.1, 0.15) is 17.2 Å². The molecule has 3 aromatic rings. The van der Waals surface area contributed by atoms with E-state index in [9.17, 15) is 9.90 Å². The van der Waals surface area contributed by atoms with Crippen molar-refractivity contribution in [3.05, 3.63) is 63.8 Å². The van der Waals surface area contributed by atoms with E-state index in [-0.39, 0.29) is 12.2 Å². The van der Waals surface area contributed by atoms with Crippen molar-refractivity contribution in [3.63, 3.8) is 0 Å². The van der Waals surface area contributed by atoms with Gasteiger partial charge < -0.3 is 9.84 Å². The van der Waals surface area contributed by atoms with Crippen LogP contribution in [0.25, 0.3) is 10.2 Å². The molecule has 1 aromatic carbocycles. The number of nitrogens with zero attached hydrogens (tertiary/aromatic N) is 2. The molecular weight excluding hydrogens is 392 g/mol. The lowest BCUT2D eigenvalue weighted by Gasteiger charge is -2.14. The van der Waals surface area contributed by atoms with Gasteiger partial charge in [-0.15, -0.1) is 17.9 Å². The third kappa shape index (κ3) is 3.87. The minimum atomic E-state index is -0.664. The van der Waals surface area contributed by atoms with Crippen molar-refractivity contribution in [2.45, 2.75) is 37.1 Å². The van der Waals surface area contributed by atoms with Gasteiger partial charge in [0.05, 0.1) is 11.5 Å². The average molecular weight is 415 g/mol. The van der Waals surface area contributed by atoms with Gasteiger partial charge >= 0.3 is 0 Å². The number of para-hydroxylation sites is 1. The number of aryl methyl sites for hydroxylation is 2. The zero-order chi connectivity index (χ0) is 19.5. The average Bonchev–Trinajstić information content (AvgIpc) is 3.29. The minimum absolute atomic E-state index is 0.00169. The molecule has 0 amide bonds. The predicted molar refractivity (Wildman–Crippen MR) is 115 cm³/mol. The van der Waals surface area contributed by atoms with Crippen LogP contribution in [0.1, 0.15) is 16.9 Å². The van der Waals surface area contributed by atoms with E-state index in [4.69, 9.17) is 9.72 Å². The monoisotopic (exact) mass is 414 g/mol. The van der Waals surface area contributed by atoms with E-state index in [0.29, 0.717) is 17.5 Å². The molecule has 28 heavy (non-hydrogen) atoms.